The highest BCUT2D eigenvalue weighted by atomic mass is 16.5. The molecule has 0 heterocycles. The first-order valence-electron chi connectivity index (χ1n) is 5.64. The lowest BCUT2D eigenvalue weighted by Crippen LogP contribution is -2.28. The summed E-state index contributed by atoms with van der Waals surface area (Å²) >= 11 is 0. The fraction of sp³-hybridized carbons (Fsp3) is 0.538. The average molecular weight is 224 g/mol. The summed E-state index contributed by atoms with van der Waals surface area (Å²) in [6.45, 7) is 11.2. The molecule has 0 fully saturated rings. The lowest BCUT2D eigenvalue weighted by molar-refractivity contribution is 0.202. The normalized spacial score (nSPS) is 10.9. The monoisotopic (exact) mass is 224 g/mol. The molecule has 0 rings (SSSR count). The third-order valence-electron chi connectivity index (χ3n) is 2.13. The maximum absolute atomic E-state index is 5.43. The van der Waals surface area contributed by atoms with Crippen LogP contribution in [-0.4, -0.2) is 45.2 Å². The summed E-state index contributed by atoms with van der Waals surface area (Å²) < 4.78 is 5.43. The minimum Gasteiger partial charge on any atom is -0.494 e. The Morgan fingerprint density at radius 3 is 2.81 bits per heavy atom. The quantitative estimate of drug-likeness (QED) is 0.348. The first-order chi connectivity index (χ1) is 7.70. The highest BCUT2D eigenvalue weighted by Crippen LogP contribution is 1.98. The van der Waals surface area contributed by atoms with E-state index in [0.29, 0.717) is 12.4 Å². The highest BCUT2D eigenvalue weighted by Gasteiger charge is 1.97. The van der Waals surface area contributed by atoms with Crippen molar-refractivity contribution in [2.45, 2.75) is 6.42 Å². The Labute approximate surface area is 99.5 Å². The summed E-state index contributed by atoms with van der Waals surface area (Å²) in [4.78, 5) is 2.28. The molecule has 0 atom stereocenters. The largest absolute Gasteiger partial charge is 0.494 e. The van der Waals surface area contributed by atoms with E-state index in [2.05, 4.69) is 30.4 Å². The van der Waals surface area contributed by atoms with Crippen LogP contribution in [0.25, 0.3) is 0 Å². The fourth-order valence-corrected chi connectivity index (χ4v) is 1.18. The van der Waals surface area contributed by atoms with Crippen LogP contribution in [0.15, 0.2) is 37.1 Å². The van der Waals surface area contributed by atoms with Crippen LogP contribution in [0.2, 0.25) is 0 Å². The Hall–Kier alpha value is -1.06. The van der Waals surface area contributed by atoms with Gasteiger partial charge in [0, 0.05) is 19.6 Å². The molecular formula is C13H24N2O. The van der Waals surface area contributed by atoms with E-state index in [0.717, 1.165) is 26.1 Å². The SMILES string of the molecule is C=C/C=C\C(=C)OCCCN(C)CCNC. The van der Waals surface area contributed by atoms with Crippen LogP contribution in [0.3, 0.4) is 0 Å². The van der Waals surface area contributed by atoms with Gasteiger partial charge in [-0.3, -0.25) is 0 Å². The first kappa shape index (κ1) is 14.9. The standard InChI is InChI=1S/C13H24N2O/c1-5-6-8-13(2)16-12-7-10-15(4)11-9-14-3/h5-6,8,14H,1-2,7,9-12H2,3-4H3/b8-6-. The van der Waals surface area contributed by atoms with Gasteiger partial charge in [0.1, 0.15) is 5.76 Å². The van der Waals surface area contributed by atoms with Gasteiger partial charge in [-0.25, -0.2) is 0 Å². The molecule has 0 aliphatic carbocycles. The van der Waals surface area contributed by atoms with Gasteiger partial charge < -0.3 is 15.0 Å². The third-order valence-corrected chi connectivity index (χ3v) is 2.13. The van der Waals surface area contributed by atoms with Crippen molar-refractivity contribution in [1.82, 2.24) is 10.2 Å². The number of nitrogens with zero attached hydrogens (tertiary/aromatic N) is 1. The number of likely N-dealkylation sites (N-methyl/N-ethyl adjacent to an activating group) is 2. The summed E-state index contributed by atoms with van der Waals surface area (Å²) in [5.74, 6) is 0.692. The topological polar surface area (TPSA) is 24.5 Å². The minimum atomic E-state index is 0.692. The van der Waals surface area contributed by atoms with Crippen LogP contribution >= 0.6 is 0 Å². The Balaban J connectivity index is 3.41. The Bertz CT molecular complexity index is 224. The average Bonchev–Trinajstić information content (AvgIpc) is 2.29. The lowest BCUT2D eigenvalue weighted by Gasteiger charge is -2.16. The summed E-state index contributed by atoms with van der Waals surface area (Å²) in [5, 5.41) is 3.12. The number of hydrogen-bond acceptors (Lipinski definition) is 3. The van der Waals surface area contributed by atoms with Gasteiger partial charge in [-0.05, 0) is 26.6 Å². The second-order valence-corrected chi connectivity index (χ2v) is 3.67. The van der Waals surface area contributed by atoms with Gasteiger partial charge in [-0.15, -0.1) is 0 Å². The number of hydrogen-bond donors (Lipinski definition) is 1. The Kier molecular flexibility index (Phi) is 9.76. The van der Waals surface area contributed by atoms with Gasteiger partial charge >= 0.3 is 0 Å². The zero-order chi connectivity index (χ0) is 12.2. The molecule has 0 amide bonds. The molecule has 92 valence electrons. The predicted octanol–water partition coefficient (Wildman–Crippen LogP) is 1.80. The van der Waals surface area contributed by atoms with Crippen LogP contribution in [0.1, 0.15) is 6.42 Å². The number of allylic oxidation sites excluding steroid dienone is 3. The molecule has 0 aliphatic heterocycles. The molecule has 0 aliphatic rings. The molecule has 1 N–H and O–H groups in total. The highest BCUT2D eigenvalue weighted by molar-refractivity contribution is 5.12. The molecule has 0 bridgehead atoms. The van der Waals surface area contributed by atoms with Crippen molar-refractivity contribution in [2.24, 2.45) is 0 Å². The Morgan fingerprint density at radius 2 is 2.19 bits per heavy atom. The molecule has 3 nitrogen and oxygen atoms in total. The molecule has 0 radical (unpaired) electrons. The van der Waals surface area contributed by atoms with Crippen LogP contribution < -0.4 is 5.32 Å². The molecule has 0 saturated heterocycles. The third kappa shape index (κ3) is 9.49. The van der Waals surface area contributed by atoms with Gasteiger partial charge in [-0.2, -0.15) is 0 Å². The van der Waals surface area contributed by atoms with Crippen molar-refractivity contribution in [2.75, 3.05) is 40.3 Å². The summed E-state index contributed by atoms with van der Waals surface area (Å²) in [6, 6.07) is 0. The second-order valence-electron chi connectivity index (χ2n) is 3.67. The Morgan fingerprint density at radius 1 is 1.44 bits per heavy atom. The second kappa shape index (κ2) is 10.5. The summed E-state index contributed by atoms with van der Waals surface area (Å²) in [5.41, 5.74) is 0. The van der Waals surface area contributed by atoms with Crippen molar-refractivity contribution >= 4 is 0 Å². The molecule has 3 heteroatoms. The van der Waals surface area contributed by atoms with Crippen molar-refractivity contribution in [3.8, 4) is 0 Å². The van der Waals surface area contributed by atoms with Gasteiger partial charge in [0.2, 0.25) is 0 Å². The molecule has 0 unspecified atom stereocenters. The van der Waals surface area contributed by atoms with Crippen LogP contribution in [-0.2, 0) is 4.74 Å². The van der Waals surface area contributed by atoms with E-state index in [-0.39, 0.29) is 0 Å². The van der Waals surface area contributed by atoms with E-state index >= 15 is 0 Å². The van der Waals surface area contributed by atoms with E-state index in [1.165, 1.54) is 0 Å². The predicted molar refractivity (Wildman–Crippen MR) is 70.5 cm³/mol. The van der Waals surface area contributed by atoms with E-state index in [4.69, 9.17) is 4.74 Å². The van der Waals surface area contributed by atoms with E-state index < -0.39 is 0 Å². The summed E-state index contributed by atoms with van der Waals surface area (Å²) in [6.07, 6.45) is 6.36. The lowest BCUT2D eigenvalue weighted by atomic mass is 10.4. The molecule has 0 saturated carbocycles. The zero-order valence-corrected chi connectivity index (χ0v) is 10.5. The zero-order valence-electron chi connectivity index (χ0n) is 10.5. The maximum Gasteiger partial charge on any atom is 0.112 e. The van der Waals surface area contributed by atoms with Crippen molar-refractivity contribution in [3.05, 3.63) is 37.1 Å². The number of ether oxygens (including phenoxy) is 1. The molecule has 0 aromatic rings. The van der Waals surface area contributed by atoms with E-state index in [1.54, 1.807) is 6.08 Å². The van der Waals surface area contributed by atoms with Gasteiger partial charge in [-0.1, -0.05) is 25.3 Å². The van der Waals surface area contributed by atoms with Crippen LogP contribution in [0.4, 0.5) is 0 Å². The maximum atomic E-state index is 5.43. The molecule has 16 heavy (non-hydrogen) atoms. The molecule has 0 aromatic heterocycles. The fourth-order valence-electron chi connectivity index (χ4n) is 1.18. The summed E-state index contributed by atoms with van der Waals surface area (Å²) in [7, 11) is 4.08. The smallest absolute Gasteiger partial charge is 0.112 e. The van der Waals surface area contributed by atoms with Crippen molar-refractivity contribution in [1.29, 1.82) is 0 Å². The van der Waals surface area contributed by atoms with E-state index in [1.807, 2.05) is 19.2 Å². The molecule has 0 spiro atoms. The molecular weight excluding hydrogens is 200 g/mol. The number of rotatable bonds is 10. The van der Waals surface area contributed by atoms with Crippen LogP contribution in [0.5, 0.6) is 0 Å². The van der Waals surface area contributed by atoms with Crippen molar-refractivity contribution < 1.29 is 4.74 Å². The minimum absolute atomic E-state index is 0.692. The van der Waals surface area contributed by atoms with Gasteiger partial charge in [0.05, 0.1) is 6.61 Å². The number of nitrogens with one attached hydrogen (secondary N) is 1. The van der Waals surface area contributed by atoms with E-state index in [9.17, 15) is 0 Å². The van der Waals surface area contributed by atoms with Gasteiger partial charge in [0.15, 0.2) is 0 Å². The van der Waals surface area contributed by atoms with Gasteiger partial charge in [0.25, 0.3) is 0 Å². The van der Waals surface area contributed by atoms with Crippen molar-refractivity contribution in [3.63, 3.8) is 0 Å². The molecule has 0 aromatic carbocycles. The van der Waals surface area contributed by atoms with Crippen LogP contribution in [0, 0.1) is 0 Å². The first-order valence-corrected chi connectivity index (χ1v) is 5.64.